The standard InChI is InChI=1S/C19H16N4OS2/c1-2-16-20-13-8-4-3-7-12(13)18(22-16)25-11-17(24)23-19-21-14-9-5-6-10-15(14)26-19/h3-10H,2,11H2,1H3,(H,21,23,24). The molecular formula is C19H16N4OS2. The molecule has 0 aliphatic rings. The highest BCUT2D eigenvalue weighted by Crippen LogP contribution is 2.27. The maximum Gasteiger partial charge on any atom is 0.236 e. The fourth-order valence-corrected chi connectivity index (χ4v) is 4.30. The summed E-state index contributed by atoms with van der Waals surface area (Å²) in [4.78, 5) is 25.9. The number of thioether (sulfide) groups is 1. The summed E-state index contributed by atoms with van der Waals surface area (Å²) >= 11 is 2.91. The molecule has 4 rings (SSSR count). The van der Waals surface area contributed by atoms with E-state index in [1.807, 2.05) is 55.5 Å². The molecule has 1 amide bonds. The number of benzene rings is 2. The third-order valence-electron chi connectivity index (χ3n) is 3.81. The topological polar surface area (TPSA) is 67.8 Å². The van der Waals surface area contributed by atoms with Gasteiger partial charge in [-0.3, -0.25) is 4.79 Å². The average molecular weight is 380 g/mol. The van der Waals surface area contributed by atoms with Gasteiger partial charge in [0.05, 0.1) is 21.5 Å². The number of thiazole rings is 1. The number of carbonyl (C=O) groups excluding carboxylic acids is 1. The predicted molar refractivity (Wildman–Crippen MR) is 108 cm³/mol. The second kappa shape index (κ2) is 7.39. The van der Waals surface area contributed by atoms with E-state index in [1.165, 1.54) is 23.1 Å². The van der Waals surface area contributed by atoms with Gasteiger partial charge in [0.1, 0.15) is 10.9 Å². The van der Waals surface area contributed by atoms with E-state index < -0.39 is 0 Å². The quantitative estimate of drug-likeness (QED) is 0.407. The van der Waals surface area contributed by atoms with Crippen molar-refractivity contribution < 1.29 is 4.79 Å². The van der Waals surface area contributed by atoms with Crippen LogP contribution in [0.3, 0.4) is 0 Å². The average Bonchev–Trinajstić information content (AvgIpc) is 3.08. The number of aromatic nitrogens is 3. The second-order valence-corrected chi connectivity index (χ2v) is 7.63. The molecule has 0 spiro atoms. The first-order valence-electron chi connectivity index (χ1n) is 8.27. The van der Waals surface area contributed by atoms with Gasteiger partial charge in [0, 0.05) is 11.8 Å². The van der Waals surface area contributed by atoms with Gasteiger partial charge in [0.2, 0.25) is 5.91 Å². The van der Waals surface area contributed by atoms with E-state index in [0.717, 1.165) is 38.4 Å². The Labute approximate surface area is 158 Å². The molecule has 130 valence electrons. The van der Waals surface area contributed by atoms with Crippen LogP contribution < -0.4 is 5.32 Å². The van der Waals surface area contributed by atoms with Gasteiger partial charge in [0.25, 0.3) is 0 Å². The number of hydrogen-bond acceptors (Lipinski definition) is 6. The van der Waals surface area contributed by atoms with E-state index in [1.54, 1.807) is 0 Å². The Morgan fingerprint density at radius 1 is 1.04 bits per heavy atom. The van der Waals surface area contributed by atoms with E-state index >= 15 is 0 Å². The number of anilines is 1. The minimum Gasteiger partial charge on any atom is -0.301 e. The molecule has 2 heterocycles. The summed E-state index contributed by atoms with van der Waals surface area (Å²) in [7, 11) is 0. The minimum absolute atomic E-state index is 0.0882. The van der Waals surface area contributed by atoms with Crippen LogP contribution in [0.4, 0.5) is 5.13 Å². The van der Waals surface area contributed by atoms with E-state index in [2.05, 4.69) is 20.3 Å². The van der Waals surface area contributed by atoms with Crippen molar-refractivity contribution in [2.24, 2.45) is 0 Å². The molecule has 5 nitrogen and oxygen atoms in total. The number of hydrogen-bond donors (Lipinski definition) is 1. The van der Waals surface area contributed by atoms with Crippen LogP contribution in [0.1, 0.15) is 12.7 Å². The zero-order valence-electron chi connectivity index (χ0n) is 14.1. The van der Waals surface area contributed by atoms with Crippen molar-refractivity contribution in [3.05, 3.63) is 54.4 Å². The molecule has 0 fully saturated rings. The largest absolute Gasteiger partial charge is 0.301 e. The zero-order chi connectivity index (χ0) is 17.9. The maximum absolute atomic E-state index is 12.3. The van der Waals surface area contributed by atoms with Crippen molar-refractivity contribution in [3.63, 3.8) is 0 Å². The summed E-state index contributed by atoms with van der Waals surface area (Å²) in [5, 5.41) is 5.32. The van der Waals surface area contributed by atoms with Crippen molar-refractivity contribution in [1.29, 1.82) is 0 Å². The van der Waals surface area contributed by atoms with Crippen molar-refractivity contribution in [2.75, 3.05) is 11.1 Å². The van der Waals surface area contributed by atoms with Crippen molar-refractivity contribution in [1.82, 2.24) is 15.0 Å². The number of nitrogens with one attached hydrogen (secondary N) is 1. The molecule has 2 aromatic carbocycles. The van der Waals surface area contributed by atoms with Gasteiger partial charge in [-0.1, -0.05) is 60.4 Å². The van der Waals surface area contributed by atoms with Gasteiger partial charge in [-0.05, 0) is 18.2 Å². The fraction of sp³-hybridized carbons (Fsp3) is 0.158. The second-order valence-electron chi connectivity index (χ2n) is 5.64. The van der Waals surface area contributed by atoms with Gasteiger partial charge in [-0.15, -0.1) is 0 Å². The van der Waals surface area contributed by atoms with Crippen LogP contribution in [0.2, 0.25) is 0 Å². The molecule has 1 N–H and O–H groups in total. The Bertz CT molecular complexity index is 1060. The smallest absolute Gasteiger partial charge is 0.236 e. The Balaban J connectivity index is 1.49. The van der Waals surface area contributed by atoms with Gasteiger partial charge in [-0.25, -0.2) is 15.0 Å². The highest BCUT2D eigenvalue weighted by atomic mass is 32.2. The highest BCUT2D eigenvalue weighted by molar-refractivity contribution is 8.00. The third-order valence-corrected chi connectivity index (χ3v) is 5.75. The molecule has 0 saturated carbocycles. The number of rotatable bonds is 5. The SMILES string of the molecule is CCc1nc(SCC(=O)Nc2nc3ccccc3s2)c2ccccc2n1. The molecule has 4 aromatic rings. The number of para-hydroxylation sites is 2. The monoisotopic (exact) mass is 380 g/mol. The molecule has 2 aromatic heterocycles. The van der Waals surface area contributed by atoms with E-state index in [-0.39, 0.29) is 11.7 Å². The lowest BCUT2D eigenvalue weighted by molar-refractivity contribution is -0.113. The Kier molecular flexibility index (Phi) is 4.81. The Morgan fingerprint density at radius 2 is 1.81 bits per heavy atom. The Morgan fingerprint density at radius 3 is 2.62 bits per heavy atom. The highest BCUT2D eigenvalue weighted by Gasteiger charge is 2.12. The number of nitrogens with zero attached hydrogens (tertiary/aromatic N) is 3. The normalized spacial score (nSPS) is 11.1. The first-order valence-corrected chi connectivity index (χ1v) is 10.1. The molecule has 0 radical (unpaired) electrons. The summed E-state index contributed by atoms with van der Waals surface area (Å²) in [6.45, 7) is 2.03. The summed E-state index contributed by atoms with van der Waals surface area (Å²) in [5.41, 5.74) is 1.81. The summed E-state index contributed by atoms with van der Waals surface area (Å²) in [6.07, 6.45) is 0.760. The van der Waals surface area contributed by atoms with E-state index in [9.17, 15) is 4.79 Å². The predicted octanol–water partition coefficient (Wildman–Crippen LogP) is 4.53. The minimum atomic E-state index is -0.0882. The molecule has 0 unspecified atom stereocenters. The van der Waals surface area contributed by atoms with Crippen molar-refractivity contribution in [3.8, 4) is 0 Å². The lowest BCUT2D eigenvalue weighted by Gasteiger charge is -2.07. The van der Waals surface area contributed by atoms with Gasteiger partial charge >= 0.3 is 0 Å². The van der Waals surface area contributed by atoms with Gasteiger partial charge in [0.15, 0.2) is 5.13 Å². The van der Waals surface area contributed by atoms with Crippen LogP contribution in [0.5, 0.6) is 0 Å². The van der Waals surface area contributed by atoms with Crippen LogP contribution in [0.15, 0.2) is 53.6 Å². The van der Waals surface area contributed by atoms with Crippen molar-refractivity contribution in [2.45, 2.75) is 18.4 Å². The van der Waals surface area contributed by atoms with Gasteiger partial charge in [-0.2, -0.15) is 0 Å². The molecule has 0 saturated heterocycles. The van der Waals surface area contributed by atoms with Crippen LogP contribution in [-0.2, 0) is 11.2 Å². The molecule has 0 bridgehead atoms. The summed E-state index contributed by atoms with van der Waals surface area (Å²) < 4.78 is 1.06. The number of amides is 1. The lowest BCUT2D eigenvalue weighted by atomic mass is 10.2. The third kappa shape index (κ3) is 3.54. The number of fused-ring (bicyclic) bond motifs is 2. The number of carbonyl (C=O) groups is 1. The molecule has 7 heteroatoms. The lowest BCUT2D eigenvalue weighted by Crippen LogP contribution is -2.14. The van der Waals surface area contributed by atoms with E-state index in [4.69, 9.17) is 0 Å². The first-order chi connectivity index (χ1) is 12.7. The summed E-state index contributed by atoms with van der Waals surface area (Å²) in [6, 6.07) is 15.7. The molecule has 26 heavy (non-hydrogen) atoms. The fourth-order valence-electron chi connectivity index (χ4n) is 2.58. The molecule has 0 aliphatic heterocycles. The zero-order valence-corrected chi connectivity index (χ0v) is 15.7. The number of aryl methyl sites for hydroxylation is 1. The van der Waals surface area contributed by atoms with Crippen LogP contribution >= 0.6 is 23.1 Å². The van der Waals surface area contributed by atoms with E-state index in [0.29, 0.717) is 5.13 Å². The van der Waals surface area contributed by atoms with Crippen LogP contribution in [0.25, 0.3) is 21.1 Å². The van der Waals surface area contributed by atoms with Gasteiger partial charge < -0.3 is 5.32 Å². The van der Waals surface area contributed by atoms with Crippen LogP contribution in [-0.4, -0.2) is 26.6 Å². The molecular weight excluding hydrogens is 364 g/mol. The Hall–Kier alpha value is -2.51. The molecule has 0 aliphatic carbocycles. The summed E-state index contributed by atoms with van der Waals surface area (Å²) in [5.74, 6) is 0.979. The van der Waals surface area contributed by atoms with Crippen LogP contribution in [0, 0.1) is 0 Å². The first kappa shape index (κ1) is 16.9. The maximum atomic E-state index is 12.3. The molecule has 0 atom stereocenters. The van der Waals surface area contributed by atoms with Crippen molar-refractivity contribution >= 4 is 55.3 Å².